The van der Waals surface area contributed by atoms with Crippen molar-refractivity contribution in [1.82, 2.24) is 15.5 Å². The average molecular weight is 295 g/mol. The van der Waals surface area contributed by atoms with E-state index in [0.717, 1.165) is 35.8 Å². The van der Waals surface area contributed by atoms with Gasteiger partial charge in [0.1, 0.15) is 0 Å². The summed E-state index contributed by atoms with van der Waals surface area (Å²) in [6.45, 7) is 5.71. The molecule has 0 aromatic carbocycles. The molecule has 5 heteroatoms. The fourth-order valence-electron chi connectivity index (χ4n) is 3.32. The zero-order valence-electron chi connectivity index (χ0n) is 12.5. The normalized spacial score (nSPS) is 31.6. The predicted molar refractivity (Wildman–Crippen MR) is 81.9 cm³/mol. The molecule has 0 radical (unpaired) electrons. The van der Waals surface area contributed by atoms with E-state index in [0.29, 0.717) is 5.92 Å². The Morgan fingerprint density at radius 3 is 2.70 bits per heavy atom. The molecular weight excluding hydrogens is 270 g/mol. The molecule has 1 aromatic rings. The lowest BCUT2D eigenvalue weighted by Gasteiger charge is -2.29. The highest BCUT2D eigenvalue weighted by Crippen LogP contribution is 2.37. The van der Waals surface area contributed by atoms with Gasteiger partial charge in [0.05, 0.1) is 6.04 Å². The number of aromatic nitrogens is 2. The van der Waals surface area contributed by atoms with E-state index in [1.165, 1.54) is 31.4 Å². The first-order chi connectivity index (χ1) is 9.74. The van der Waals surface area contributed by atoms with Crippen LogP contribution in [0.5, 0.6) is 0 Å². The predicted octanol–water partition coefficient (Wildman–Crippen LogP) is 3.38. The molecule has 1 aromatic heterocycles. The quantitative estimate of drug-likeness (QED) is 0.926. The van der Waals surface area contributed by atoms with Crippen LogP contribution in [0.4, 0.5) is 0 Å². The largest absolute Gasteiger partial charge is 0.338 e. The Labute approximate surface area is 125 Å². The first kappa shape index (κ1) is 14.4. The number of nitrogens with zero attached hydrogens (tertiary/aromatic N) is 2. The summed E-state index contributed by atoms with van der Waals surface area (Å²) in [6.07, 6.45) is 5.05. The number of hydrogen-bond donors (Lipinski definition) is 1. The molecule has 2 fully saturated rings. The number of rotatable bonds is 3. The minimum Gasteiger partial charge on any atom is -0.338 e. The third-order valence-electron chi connectivity index (χ3n) is 4.76. The number of thioether (sulfide) groups is 1. The SMILES string of the molecule is CC(C)C1CCC(c2noc(C3CSCCN3)n2)CC1. The molecule has 0 spiro atoms. The Morgan fingerprint density at radius 2 is 2.05 bits per heavy atom. The van der Waals surface area contributed by atoms with Gasteiger partial charge in [-0.25, -0.2) is 0 Å². The lowest BCUT2D eigenvalue weighted by atomic mass is 9.77. The summed E-state index contributed by atoms with van der Waals surface area (Å²) in [7, 11) is 0. The van der Waals surface area contributed by atoms with Crippen LogP contribution in [0, 0.1) is 11.8 Å². The third kappa shape index (κ3) is 3.19. The summed E-state index contributed by atoms with van der Waals surface area (Å²) in [5.74, 6) is 6.16. The Morgan fingerprint density at radius 1 is 1.25 bits per heavy atom. The van der Waals surface area contributed by atoms with Gasteiger partial charge in [0.25, 0.3) is 0 Å². The van der Waals surface area contributed by atoms with Crippen molar-refractivity contribution in [3.63, 3.8) is 0 Å². The topological polar surface area (TPSA) is 51.0 Å². The maximum Gasteiger partial charge on any atom is 0.244 e. The maximum absolute atomic E-state index is 5.49. The molecule has 1 saturated carbocycles. The van der Waals surface area contributed by atoms with Gasteiger partial charge in [0, 0.05) is 24.0 Å². The molecule has 0 amide bonds. The minimum atomic E-state index is 0.252. The van der Waals surface area contributed by atoms with Crippen LogP contribution < -0.4 is 5.32 Å². The van der Waals surface area contributed by atoms with Crippen molar-refractivity contribution in [2.45, 2.75) is 51.5 Å². The molecule has 0 bridgehead atoms. The van der Waals surface area contributed by atoms with E-state index >= 15 is 0 Å². The highest BCUT2D eigenvalue weighted by Gasteiger charge is 2.29. The van der Waals surface area contributed by atoms with Crippen LogP contribution >= 0.6 is 11.8 Å². The van der Waals surface area contributed by atoms with Crippen LogP contribution in [-0.2, 0) is 0 Å². The summed E-state index contributed by atoms with van der Waals surface area (Å²) < 4.78 is 5.49. The number of nitrogens with one attached hydrogen (secondary N) is 1. The van der Waals surface area contributed by atoms with Crippen molar-refractivity contribution in [3.8, 4) is 0 Å². The second-order valence-corrected chi connectivity index (χ2v) is 7.58. The monoisotopic (exact) mass is 295 g/mol. The summed E-state index contributed by atoms with van der Waals surface area (Å²) in [6, 6.07) is 0.252. The molecule has 20 heavy (non-hydrogen) atoms. The van der Waals surface area contributed by atoms with Crippen LogP contribution in [0.25, 0.3) is 0 Å². The van der Waals surface area contributed by atoms with Crippen LogP contribution in [0.1, 0.15) is 63.2 Å². The van der Waals surface area contributed by atoms with Crippen LogP contribution in [0.2, 0.25) is 0 Å². The lowest BCUT2D eigenvalue weighted by Crippen LogP contribution is -2.30. The van der Waals surface area contributed by atoms with Gasteiger partial charge < -0.3 is 9.84 Å². The molecule has 4 nitrogen and oxygen atoms in total. The smallest absolute Gasteiger partial charge is 0.244 e. The van der Waals surface area contributed by atoms with E-state index < -0.39 is 0 Å². The summed E-state index contributed by atoms with van der Waals surface area (Å²) in [4.78, 5) is 4.67. The van der Waals surface area contributed by atoms with E-state index in [4.69, 9.17) is 4.52 Å². The maximum atomic E-state index is 5.49. The molecule has 2 heterocycles. The van der Waals surface area contributed by atoms with Gasteiger partial charge in [-0.3, -0.25) is 0 Å². The second kappa shape index (κ2) is 6.48. The average Bonchev–Trinajstić information content (AvgIpc) is 2.98. The summed E-state index contributed by atoms with van der Waals surface area (Å²) >= 11 is 1.96. The molecule has 1 atom stereocenters. The van der Waals surface area contributed by atoms with Crippen LogP contribution in [0.3, 0.4) is 0 Å². The fourth-order valence-corrected chi connectivity index (χ4v) is 4.25. The van der Waals surface area contributed by atoms with Crippen molar-refractivity contribution < 1.29 is 4.52 Å². The van der Waals surface area contributed by atoms with E-state index in [1.807, 2.05) is 11.8 Å². The molecule has 1 unspecified atom stereocenters. The Bertz CT molecular complexity index is 421. The van der Waals surface area contributed by atoms with E-state index in [2.05, 4.69) is 29.3 Å². The molecule has 1 saturated heterocycles. The van der Waals surface area contributed by atoms with Gasteiger partial charge in [0.2, 0.25) is 5.89 Å². The lowest BCUT2D eigenvalue weighted by molar-refractivity contribution is 0.251. The zero-order valence-corrected chi connectivity index (χ0v) is 13.3. The highest BCUT2D eigenvalue weighted by atomic mass is 32.2. The van der Waals surface area contributed by atoms with Crippen molar-refractivity contribution in [2.24, 2.45) is 11.8 Å². The van der Waals surface area contributed by atoms with Gasteiger partial charge in [-0.15, -0.1) is 0 Å². The number of hydrogen-bond acceptors (Lipinski definition) is 5. The standard InChI is InChI=1S/C15H25N3OS/c1-10(2)11-3-5-12(6-4-11)14-17-15(19-18-14)13-9-20-8-7-16-13/h10-13,16H,3-9H2,1-2H3. The van der Waals surface area contributed by atoms with Crippen molar-refractivity contribution in [3.05, 3.63) is 11.7 Å². The second-order valence-electron chi connectivity index (χ2n) is 6.43. The summed E-state index contributed by atoms with van der Waals surface area (Å²) in [5, 5.41) is 7.71. The molecule has 1 aliphatic heterocycles. The Balaban J connectivity index is 1.60. The van der Waals surface area contributed by atoms with Gasteiger partial charge in [-0.1, -0.05) is 19.0 Å². The van der Waals surface area contributed by atoms with Gasteiger partial charge in [-0.2, -0.15) is 16.7 Å². The molecule has 2 aliphatic rings. The third-order valence-corrected chi connectivity index (χ3v) is 5.82. The first-order valence-corrected chi connectivity index (χ1v) is 9.04. The zero-order chi connectivity index (χ0) is 13.9. The van der Waals surface area contributed by atoms with Crippen molar-refractivity contribution >= 4 is 11.8 Å². The molecular formula is C15H25N3OS. The summed E-state index contributed by atoms with van der Waals surface area (Å²) in [5.41, 5.74) is 0. The molecule has 112 valence electrons. The first-order valence-electron chi connectivity index (χ1n) is 7.88. The fraction of sp³-hybridized carbons (Fsp3) is 0.867. The van der Waals surface area contributed by atoms with Crippen LogP contribution in [-0.4, -0.2) is 28.2 Å². The van der Waals surface area contributed by atoms with Crippen LogP contribution in [0.15, 0.2) is 4.52 Å². The van der Waals surface area contributed by atoms with Gasteiger partial charge in [-0.05, 0) is 37.5 Å². The van der Waals surface area contributed by atoms with E-state index in [-0.39, 0.29) is 6.04 Å². The van der Waals surface area contributed by atoms with Crippen molar-refractivity contribution in [1.29, 1.82) is 0 Å². The highest BCUT2D eigenvalue weighted by molar-refractivity contribution is 7.99. The Hall–Kier alpha value is -0.550. The minimum absolute atomic E-state index is 0.252. The Kier molecular flexibility index (Phi) is 4.66. The molecule has 3 rings (SSSR count). The van der Waals surface area contributed by atoms with E-state index in [9.17, 15) is 0 Å². The van der Waals surface area contributed by atoms with Gasteiger partial charge >= 0.3 is 0 Å². The molecule has 1 N–H and O–H groups in total. The van der Waals surface area contributed by atoms with Crippen molar-refractivity contribution in [2.75, 3.05) is 18.1 Å². The van der Waals surface area contributed by atoms with E-state index in [1.54, 1.807) is 0 Å². The molecule has 1 aliphatic carbocycles. The van der Waals surface area contributed by atoms with Gasteiger partial charge in [0.15, 0.2) is 5.82 Å².